The van der Waals surface area contributed by atoms with Gasteiger partial charge in [-0.2, -0.15) is 13.2 Å². The molecule has 0 radical (unpaired) electrons. The highest BCUT2D eigenvalue weighted by molar-refractivity contribution is 5.75. The zero-order valence-electron chi connectivity index (χ0n) is 11.1. The zero-order valence-corrected chi connectivity index (χ0v) is 11.1. The Bertz CT molecular complexity index is 328. The first-order chi connectivity index (χ1) is 9.45. The number of rotatable bonds is 5. The van der Waals surface area contributed by atoms with E-state index in [0.29, 0.717) is 13.2 Å². The van der Waals surface area contributed by atoms with Gasteiger partial charge in [-0.15, -0.1) is 5.06 Å². The first-order valence-corrected chi connectivity index (χ1v) is 6.81. The molecular formula is C12H19F3N2O3. The van der Waals surface area contributed by atoms with Gasteiger partial charge in [-0.3, -0.25) is 0 Å². The van der Waals surface area contributed by atoms with Crippen LogP contribution in [0.3, 0.4) is 0 Å². The van der Waals surface area contributed by atoms with Crippen LogP contribution in [-0.2, 0) is 14.4 Å². The van der Waals surface area contributed by atoms with Crippen molar-refractivity contribution in [3.8, 4) is 0 Å². The van der Waals surface area contributed by atoms with Gasteiger partial charge in [-0.1, -0.05) is 0 Å². The normalized spacial score (nSPS) is 24.5. The van der Waals surface area contributed by atoms with Gasteiger partial charge in [0.15, 0.2) is 0 Å². The summed E-state index contributed by atoms with van der Waals surface area (Å²) in [6.07, 6.45) is -2.41. The summed E-state index contributed by atoms with van der Waals surface area (Å²) >= 11 is 0. The molecule has 2 aliphatic heterocycles. The fourth-order valence-electron chi connectivity index (χ4n) is 2.26. The van der Waals surface area contributed by atoms with Crippen molar-refractivity contribution in [1.29, 1.82) is 0 Å². The average molecular weight is 296 g/mol. The topological polar surface area (TPSA) is 50.8 Å². The predicted molar refractivity (Wildman–Crippen MR) is 63.7 cm³/mol. The van der Waals surface area contributed by atoms with Crippen molar-refractivity contribution in [1.82, 2.24) is 10.4 Å². The Morgan fingerprint density at radius 2 is 2.05 bits per heavy atom. The molecule has 1 unspecified atom stereocenters. The largest absolute Gasteiger partial charge is 0.492 e. The number of nitrogens with zero attached hydrogens (tertiary/aromatic N) is 1. The molecule has 0 saturated carbocycles. The van der Waals surface area contributed by atoms with Crippen molar-refractivity contribution >= 4 is 5.97 Å². The second-order valence-corrected chi connectivity index (χ2v) is 5.24. The third kappa shape index (κ3) is 4.60. The lowest BCUT2D eigenvalue weighted by molar-refractivity contribution is -0.245. The van der Waals surface area contributed by atoms with E-state index in [1.165, 1.54) is 0 Å². The van der Waals surface area contributed by atoms with Crippen molar-refractivity contribution in [2.75, 3.05) is 32.8 Å². The molecule has 0 aromatic rings. The lowest BCUT2D eigenvalue weighted by Gasteiger charge is -2.34. The van der Waals surface area contributed by atoms with Crippen molar-refractivity contribution < 1.29 is 27.5 Å². The van der Waals surface area contributed by atoms with Gasteiger partial charge in [-0.25, -0.2) is 4.79 Å². The van der Waals surface area contributed by atoms with Crippen molar-refractivity contribution in [2.24, 2.45) is 5.92 Å². The monoisotopic (exact) mass is 296 g/mol. The van der Waals surface area contributed by atoms with E-state index in [-0.39, 0.29) is 18.6 Å². The number of hydrogen-bond acceptors (Lipinski definition) is 5. The SMILES string of the molecule is O=C(ON(CC1CNC1)CC1CCCCO1)C(F)(F)F. The van der Waals surface area contributed by atoms with Crippen molar-refractivity contribution in [2.45, 2.75) is 31.5 Å². The molecule has 0 aromatic heterocycles. The number of carbonyl (C=O) groups is 1. The first-order valence-electron chi connectivity index (χ1n) is 6.81. The molecule has 0 aromatic carbocycles. The van der Waals surface area contributed by atoms with Crippen LogP contribution in [0.4, 0.5) is 13.2 Å². The molecular weight excluding hydrogens is 277 g/mol. The molecule has 20 heavy (non-hydrogen) atoms. The summed E-state index contributed by atoms with van der Waals surface area (Å²) in [7, 11) is 0. The van der Waals surface area contributed by atoms with Gasteiger partial charge in [-0.05, 0) is 25.2 Å². The van der Waals surface area contributed by atoms with E-state index in [2.05, 4.69) is 10.2 Å². The quantitative estimate of drug-likeness (QED) is 0.770. The molecule has 1 atom stereocenters. The minimum absolute atomic E-state index is 0.169. The minimum atomic E-state index is -4.97. The van der Waals surface area contributed by atoms with Gasteiger partial charge in [0.1, 0.15) is 0 Å². The standard InChI is InChI=1S/C12H19F3N2O3/c13-12(14,15)11(18)20-17(7-9-5-16-6-9)8-10-3-1-2-4-19-10/h9-10,16H,1-8H2. The molecule has 1 N–H and O–H groups in total. The maximum Gasteiger partial charge on any atom is 0.492 e. The number of hydroxylamine groups is 2. The van der Waals surface area contributed by atoms with E-state index in [1.54, 1.807) is 0 Å². The van der Waals surface area contributed by atoms with E-state index in [9.17, 15) is 18.0 Å². The van der Waals surface area contributed by atoms with Crippen molar-refractivity contribution in [3.63, 3.8) is 0 Å². The van der Waals surface area contributed by atoms with Crippen LogP contribution < -0.4 is 5.32 Å². The third-order valence-corrected chi connectivity index (χ3v) is 3.45. The lowest BCUT2D eigenvalue weighted by atomic mass is 10.0. The van der Waals surface area contributed by atoms with Crippen molar-refractivity contribution in [3.05, 3.63) is 0 Å². The molecule has 5 nitrogen and oxygen atoms in total. The molecule has 2 rings (SSSR count). The van der Waals surface area contributed by atoms with Crippen LogP contribution in [0.5, 0.6) is 0 Å². The fourth-order valence-corrected chi connectivity index (χ4v) is 2.26. The van der Waals surface area contributed by atoms with E-state index in [1.807, 2.05) is 0 Å². The molecule has 8 heteroatoms. The van der Waals surface area contributed by atoms with Crippen LogP contribution in [0.25, 0.3) is 0 Å². The predicted octanol–water partition coefficient (Wildman–Crippen LogP) is 1.10. The van der Waals surface area contributed by atoms with E-state index in [0.717, 1.165) is 37.4 Å². The summed E-state index contributed by atoms with van der Waals surface area (Å²) in [6, 6.07) is 0. The first kappa shape index (κ1) is 15.5. The number of hydrogen-bond donors (Lipinski definition) is 1. The number of carbonyl (C=O) groups excluding carboxylic acids is 1. The number of alkyl halides is 3. The molecule has 0 amide bonds. The Morgan fingerprint density at radius 1 is 1.30 bits per heavy atom. The van der Waals surface area contributed by atoms with E-state index < -0.39 is 12.1 Å². The second-order valence-electron chi connectivity index (χ2n) is 5.24. The summed E-state index contributed by atoms with van der Waals surface area (Å²) in [6.45, 7) is 2.56. The second kappa shape index (κ2) is 6.73. The maximum atomic E-state index is 12.3. The molecule has 116 valence electrons. The summed E-state index contributed by atoms with van der Waals surface area (Å²) in [5, 5.41) is 4.14. The molecule has 0 spiro atoms. The summed E-state index contributed by atoms with van der Waals surface area (Å²) in [4.78, 5) is 15.4. The van der Waals surface area contributed by atoms with Gasteiger partial charge in [0.05, 0.1) is 12.6 Å². The minimum Gasteiger partial charge on any atom is -0.377 e. The molecule has 0 aliphatic carbocycles. The lowest BCUT2D eigenvalue weighted by Crippen LogP contribution is -2.51. The van der Waals surface area contributed by atoms with E-state index in [4.69, 9.17) is 4.74 Å². The molecule has 0 bridgehead atoms. The van der Waals surface area contributed by atoms with Gasteiger partial charge < -0.3 is 14.9 Å². The van der Waals surface area contributed by atoms with Crippen LogP contribution in [-0.4, -0.2) is 56.1 Å². The Balaban J connectivity index is 1.87. The van der Waals surface area contributed by atoms with Crippen LogP contribution in [0.15, 0.2) is 0 Å². The Hall–Kier alpha value is -0.860. The average Bonchev–Trinajstić information content (AvgIpc) is 2.33. The van der Waals surface area contributed by atoms with Gasteiger partial charge in [0.2, 0.25) is 0 Å². The third-order valence-electron chi connectivity index (χ3n) is 3.45. The Morgan fingerprint density at radius 3 is 2.55 bits per heavy atom. The fraction of sp³-hybridized carbons (Fsp3) is 0.917. The van der Waals surface area contributed by atoms with Crippen LogP contribution >= 0.6 is 0 Å². The molecule has 2 heterocycles. The molecule has 2 aliphatic rings. The Labute approximate surface area is 115 Å². The van der Waals surface area contributed by atoms with Crippen LogP contribution in [0, 0.1) is 5.92 Å². The van der Waals surface area contributed by atoms with Gasteiger partial charge in [0.25, 0.3) is 0 Å². The van der Waals surface area contributed by atoms with Crippen LogP contribution in [0.2, 0.25) is 0 Å². The highest BCUT2D eigenvalue weighted by Gasteiger charge is 2.43. The highest BCUT2D eigenvalue weighted by atomic mass is 19.4. The van der Waals surface area contributed by atoms with Gasteiger partial charge in [0, 0.05) is 26.2 Å². The summed E-state index contributed by atoms with van der Waals surface area (Å²) in [5.74, 6) is -1.96. The van der Waals surface area contributed by atoms with Gasteiger partial charge >= 0.3 is 12.1 Å². The summed E-state index contributed by atoms with van der Waals surface area (Å²) < 4.78 is 42.3. The Kier molecular flexibility index (Phi) is 5.22. The summed E-state index contributed by atoms with van der Waals surface area (Å²) in [5.41, 5.74) is 0. The van der Waals surface area contributed by atoms with E-state index >= 15 is 0 Å². The smallest absolute Gasteiger partial charge is 0.377 e. The number of ether oxygens (including phenoxy) is 1. The molecule has 2 saturated heterocycles. The zero-order chi connectivity index (χ0) is 14.6. The number of halogens is 3. The maximum absolute atomic E-state index is 12.3. The highest BCUT2D eigenvalue weighted by Crippen LogP contribution is 2.20. The van der Waals surface area contributed by atoms with Crippen LogP contribution in [0.1, 0.15) is 19.3 Å². The number of nitrogens with one attached hydrogen (secondary N) is 1. The molecule has 2 fully saturated rings.